The molecule has 0 aromatic carbocycles. The molecule has 0 radical (unpaired) electrons. The molecule has 3 aromatic heterocycles. The first kappa shape index (κ1) is 16.6. The number of fused-ring (bicyclic) bond motifs is 3. The highest BCUT2D eigenvalue weighted by molar-refractivity contribution is 9.10. The zero-order chi connectivity index (χ0) is 18.2. The fraction of sp³-hybridized carbons (Fsp3) is 0.417. The third-order valence-corrected chi connectivity index (χ3v) is 5.93. The van der Waals surface area contributed by atoms with Crippen LogP contribution in [0.5, 0.6) is 0 Å². The number of imidazole rings is 2. The van der Waals surface area contributed by atoms with Crippen molar-refractivity contribution in [2.45, 2.75) is 24.5 Å². The summed E-state index contributed by atoms with van der Waals surface area (Å²) in [4.78, 5) is 33.2. The molecule has 5 heterocycles. The van der Waals surface area contributed by atoms with E-state index in [1.807, 2.05) is 0 Å². The summed E-state index contributed by atoms with van der Waals surface area (Å²) in [5.74, 6) is 0.292. The zero-order valence-corrected chi connectivity index (χ0v) is 15.2. The predicted octanol–water partition coefficient (Wildman–Crippen LogP) is -0.0911. The van der Waals surface area contributed by atoms with Gasteiger partial charge >= 0.3 is 7.82 Å². The number of aromatic nitrogens is 5. The first-order chi connectivity index (χ1) is 12.4. The number of nitrogens with one attached hydrogen (secondary N) is 1. The summed E-state index contributed by atoms with van der Waals surface area (Å²) < 4.78 is 30.0. The van der Waals surface area contributed by atoms with E-state index in [4.69, 9.17) is 13.8 Å². The fourth-order valence-electron chi connectivity index (χ4n) is 3.24. The number of hydrogen-bond acceptors (Lipinski definition) is 8. The largest absolute Gasteiger partial charge is 0.472 e. The highest BCUT2D eigenvalue weighted by Crippen LogP contribution is 2.52. The lowest BCUT2D eigenvalue weighted by Gasteiger charge is -2.27. The topological polar surface area (TPSA) is 153 Å². The summed E-state index contributed by atoms with van der Waals surface area (Å²) in [5, 5.41) is 10.6. The van der Waals surface area contributed by atoms with Crippen molar-refractivity contribution >= 4 is 40.7 Å². The summed E-state index contributed by atoms with van der Waals surface area (Å²) >= 11 is 3.26. The maximum absolute atomic E-state index is 12.5. The van der Waals surface area contributed by atoms with Crippen LogP contribution in [-0.4, -0.2) is 58.8 Å². The predicted molar refractivity (Wildman–Crippen MR) is 87.4 cm³/mol. The van der Waals surface area contributed by atoms with Gasteiger partial charge in [0.1, 0.15) is 24.0 Å². The number of aliphatic hydroxyl groups is 1. The number of halogens is 1. The van der Waals surface area contributed by atoms with Crippen molar-refractivity contribution < 1.29 is 28.3 Å². The van der Waals surface area contributed by atoms with Gasteiger partial charge in [0, 0.05) is 12.4 Å². The smallest absolute Gasteiger partial charge is 0.386 e. The Bertz CT molecular complexity index is 1140. The summed E-state index contributed by atoms with van der Waals surface area (Å²) in [6.45, 7) is -0.211. The van der Waals surface area contributed by atoms with Gasteiger partial charge in [-0.3, -0.25) is 18.4 Å². The minimum Gasteiger partial charge on any atom is -0.386 e. The van der Waals surface area contributed by atoms with Crippen LogP contribution in [0.2, 0.25) is 0 Å². The van der Waals surface area contributed by atoms with E-state index in [0.717, 1.165) is 0 Å². The number of aliphatic hydroxyl groups excluding tert-OH is 1. The molecule has 0 aliphatic carbocycles. The Morgan fingerprint density at radius 1 is 1.46 bits per heavy atom. The number of aromatic amines is 1. The van der Waals surface area contributed by atoms with Crippen LogP contribution in [0.4, 0.5) is 0 Å². The Kier molecular flexibility index (Phi) is 3.47. The maximum Gasteiger partial charge on any atom is 0.472 e. The Balaban J connectivity index is 1.65. The van der Waals surface area contributed by atoms with Gasteiger partial charge < -0.3 is 19.7 Å². The van der Waals surface area contributed by atoms with Crippen molar-refractivity contribution in [2.75, 3.05) is 6.61 Å². The van der Waals surface area contributed by atoms with Gasteiger partial charge in [0.05, 0.1) is 6.61 Å². The first-order valence-electron chi connectivity index (χ1n) is 7.48. The number of H-pyrrole nitrogens is 1. The van der Waals surface area contributed by atoms with Crippen molar-refractivity contribution in [3.8, 4) is 0 Å². The van der Waals surface area contributed by atoms with Crippen molar-refractivity contribution in [3.05, 3.63) is 27.5 Å². The SMILES string of the molecule is O=c1c2nc(Br)n([C@@H]3O[C@@H]4COP(=O)(O)O[C@H]4[C@H]3O)c2[nH]c2nccn12. The number of nitrogens with zero attached hydrogens (tertiary/aromatic N) is 4. The van der Waals surface area contributed by atoms with Crippen LogP contribution < -0.4 is 5.56 Å². The van der Waals surface area contributed by atoms with Crippen molar-refractivity contribution in [3.63, 3.8) is 0 Å². The molecule has 0 saturated carbocycles. The van der Waals surface area contributed by atoms with Gasteiger partial charge in [-0.15, -0.1) is 0 Å². The van der Waals surface area contributed by atoms with E-state index in [-0.39, 0.29) is 22.5 Å². The lowest BCUT2D eigenvalue weighted by Crippen LogP contribution is -2.39. The second-order valence-corrected chi connectivity index (χ2v) is 8.00. The van der Waals surface area contributed by atoms with E-state index >= 15 is 0 Å². The van der Waals surface area contributed by atoms with E-state index < -0.39 is 37.9 Å². The molecule has 0 spiro atoms. The minimum atomic E-state index is -4.24. The van der Waals surface area contributed by atoms with Gasteiger partial charge in [-0.1, -0.05) is 0 Å². The molecule has 138 valence electrons. The van der Waals surface area contributed by atoms with E-state index in [2.05, 4.69) is 30.9 Å². The molecule has 26 heavy (non-hydrogen) atoms. The summed E-state index contributed by atoms with van der Waals surface area (Å²) in [5.41, 5.74) is -0.00976. The van der Waals surface area contributed by atoms with Gasteiger partial charge in [0.25, 0.3) is 5.56 Å². The zero-order valence-electron chi connectivity index (χ0n) is 12.7. The Labute approximate surface area is 152 Å². The van der Waals surface area contributed by atoms with Gasteiger partial charge in [0.15, 0.2) is 16.5 Å². The van der Waals surface area contributed by atoms with Gasteiger partial charge in [0.2, 0.25) is 5.78 Å². The van der Waals surface area contributed by atoms with Crippen LogP contribution in [0.25, 0.3) is 16.9 Å². The molecular weight excluding hydrogens is 437 g/mol. The molecule has 2 fully saturated rings. The van der Waals surface area contributed by atoms with Gasteiger partial charge in [-0.25, -0.2) is 18.9 Å². The summed E-state index contributed by atoms with van der Waals surface area (Å²) in [7, 11) is -4.24. The van der Waals surface area contributed by atoms with Gasteiger partial charge in [-0.05, 0) is 15.9 Å². The molecule has 0 amide bonds. The molecule has 3 N–H and O–H groups in total. The monoisotopic (exact) mass is 447 g/mol. The molecule has 5 atom stereocenters. The van der Waals surface area contributed by atoms with Crippen molar-refractivity contribution in [1.82, 2.24) is 23.9 Å². The van der Waals surface area contributed by atoms with E-state index in [9.17, 15) is 19.4 Å². The lowest BCUT2D eigenvalue weighted by molar-refractivity contribution is -0.0669. The second kappa shape index (κ2) is 5.45. The molecule has 1 unspecified atom stereocenters. The van der Waals surface area contributed by atoms with E-state index in [1.165, 1.54) is 21.4 Å². The van der Waals surface area contributed by atoms with Crippen LogP contribution in [0, 0.1) is 0 Å². The van der Waals surface area contributed by atoms with Crippen molar-refractivity contribution in [2.24, 2.45) is 0 Å². The minimum absolute atomic E-state index is 0.109. The molecule has 14 heteroatoms. The van der Waals surface area contributed by atoms with Crippen LogP contribution >= 0.6 is 23.8 Å². The Hall–Kier alpha value is -1.60. The average molecular weight is 448 g/mol. The Morgan fingerprint density at radius 3 is 3.08 bits per heavy atom. The highest BCUT2D eigenvalue weighted by atomic mass is 79.9. The second-order valence-electron chi connectivity index (χ2n) is 5.89. The summed E-state index contributed by atoms with van der Waals surface area (Å²) in [6.07, 6.45) is -1.17. The number of phosphoric ester groups is 1. The molecule has 2 aliphatic heterocycles. The highest BCUT2D eigenvalue weighted by Gasteiger charge is 2.53. The Morgan fingerprint density at radius 2 is 2.27 bits per heavy atom. The average Bonchev–Trinajstić information content (AvgIpc) is 3.25. The molecule has 2 saturated heterocycles. The molecule has 5 rings (SSSR count). The van der Waals surface area contributed by atoms with Crippen LogP contribution in [-0.2, 0) is 18.3 Å². The van der Waals surface area contributed by atoms with E-state index in [1.54, 1.807) is 0 Å². The molecular formula is C12H11BrN5O7P. The normalized spacial score (nSPS) is 34.6. The van der Waals surface area contributed by atoms with Gasteiger partial charge in [-0.2, -0.15) is 0 Å². The number of rotatable bonds is 1. The van der Waals surface area contributed by atoms with Crippen LogP contribution in [0.3, 0.4) is 0 Å². The standard InChI is InChI=1S/C12H11BrN5O7P/c13-11-15-5-8(16-12-14-1-2-17(12)9(5)20)18(11)10-6(19)7-4(24-10)3-23-26(21,22)25-7/h1-2,4,6-7,10,19H,3H2,(H,14,16)(H,21,22)/t4-,6-,7-,10-/m1/s1. The summed E-state index contributed by atoms with van der Waals surface area (Å²) in [6, 6.07) is 0. The third-order valence-electron chi connectivity index (χ3n) is 4.38. The maximum atomic E-state index is 12.5. The van der Waals surface area contributed by atoms with Crippen LogP contribution in [0.1, 0.15) is 6.23 Å². The molecule has 3 aromatic rings. The quantitative estimate of drug-likeness (QED) is 0.342. The molecule has 0 bridgehead atoms. The van der Waals surface area contributed by atoms with Crippen LogP contribution in [0.15, 0.2) is 21.9 Å². The number of hydrogen-bond donors (Lipinski definition) is 3. The van der Waals surface area contributed by atoms with Crippen molar-refractivity contribution in [1.29, 1.82) is 0 Å². The third kappa shape index (κ3) is 2.26. The molecule has 2 aliphatic rings. The lowest BCUT2D eigenvalue weighted by atomic mass is 10.1. The van der Waals surface area contributed by atoms with E-state index in [0.29, 0.717) is 5.78 Å². The fourth-order valence-corrected chi connectivity index (χ4v) is 4.76. The number of ether oxygens (including phenoxy) is 1. The molecule has 12 nitrogen and oxygen atoms in total. The first-order valence-corrected chi connectivity index (χ1v) is 9.76. The number of phosphoric acid groups is 1.